The smallest absolute Gasteiger partial charge is 0.292 e. The Kier molecular flexibility index (Phi) is 7.60. The first-order valence-electron chi connectivity index (χ1n) is 11.4. The second-order valence-corrected chi connectivity index (χ2v) is 8.40. The minimum absolute atomic E-state index is 0.0312. The van der Waals surface area contributed by atoms with Gasteiger partial charge in [-0.05, 0) is 50.5 Å². The van der Waals surface area contributed by atoms with Gasteiger partial charge < -0.3 is 33.4 Å². The third-order valence-electron chi connectivity index (χ3n) is 5.71. The number of ether oxygens (including phenoxy) is 2. The SMILES string of the molecule is COc1cccc(OC)c1C(=O)Nc1c(C(=O)N(CCN(C)C)Cc2ccco2)oc2ccccc12. The van der Waals surface area contributed by atoms with Crippen molar-refractivity contribution in [2.24, 2.45) is 0 Å². The summed E-state index contributed by atoms with van der Waals surface area (Å²) >= 11 is 0. The summed E-state index contributed by atoms with van der Waals surface area (Å²) in [6.45, 7) is 1.31. The van der Waals surface area contributed by atoms with E-state index >= 15 is 0 Å². The third kappa shape index (κ3) is 5.21. The van der Waals surface area contributed by atoms with Crippen LogP contribution in [0.4, 0.5) is 5.69 Å². The number of likely N-dealkylation sites (N-methyl/N-ethyl adjacent to an activating group) is 1. The van der Waals surface area contributed by atoms with Crippen LogP contribution in [0.5, 0.6) is 11.5 Å². The highest BCUT2D eigenvalue weighted by Gasteiger charge is 2.29. The number of anilines is 1. The first kappa shape index (κ1) is 24.9. The number of para-hydroxylation sites is 1. The molecule has 9 heteroatoms. The maximum atomic E-state index is 13.8. The molecule has 36 heavy (non-hydrogen) atoms. The molecule has 0 bridgehead atoms. The Morgan fingerprint density at radius 3 is 2.28 bits per heavy atom. The van der Waals surface area contributed by atoms with Crippen molar-refractivity contribution in [2.75, 3.05) is 46.7 Å². The van der Waals surface area contributed by atoms with E-state index in [9.17, 15) is 9.59 Å². The molecule has 0 radical (unpaired) electrons. The molecule has 0 unspecified atom stereocenters. The van der Waals surface area contributed by atoms with Crippen molar-refractivity contribution in [3.8, 4) is 11.5 Å². The van der Waals surface area contributed by atoms with Gasteiger partial charge in [-0.25, -0.2) is 0 Å². The normalized spacial score (nSPS) is 11.0. The van der Waals surface area contributed by atoms with Crippen LogP contribution >= 0.6 is 0 Å². The predicted molar refractivity (Wildman–Crippen MR) is 136 cm³/mol. The van der Waals surface area contributed by atoms with Crippen molar-refractivity contribution in [3.63, 3.8) is 0 Å². The summed E-state index contributed by atoms with van der Waals surface area (Å²) in [6.07, 6.45) is 1.57. The lowest BCUT2D eigenvalue weighted by Crippen LogP contribution is -2.36. The van der Waals surface area contributed by atoms with Crippen LogP contribution in [0, 0.1) is 0 Å². The summed E-state index contributed by atoms with van der Waals surface area (Å²) in [5.41, 5.74) is 0.975. The van der Waals surface area contributed by atoms with Crippen molar-refractivity contribution < 1.29 is 27.9 Å². The molecule has 188 valence electrons. The van der Waals surface area contributed by atoms with E-state index in [-0.39, 0.29) is 29.5 Å². The molecule has 0 saturated heterocycles. The fraction of sp³-hybridized carbons (Fsp3) is 0.259. The van der Waals surface area contributed by atoms with Crippen LogP contribution in [0.1, 0.15) is 26.7 Å². The van der Waals surface area contributed by atoms with Crippen LogP contribution in [-0.2, 0) is 6.54 Å². The van der Waals surface area contributed by atoms with Crippen LogP contribution in [0.3, 0.4) is 0 Å². The molecule has 0 fully saturated rings. The summed E-state index contributed by atoms with van der Waals surface area (Å²) in [5, 5.41) is 3.49. The summed E-state index contributed by atoms with van der Waals surface area (Å²) in [4.78, 5) is 30.9. The molecule has 2 aromatic carbocycles. The van der Waals surface area contributed by atoms with Crippen LogP contribution in [0.15, 0.2) is 69.7 Å². The van der Waals surface area contributed by atoms with E-state index in [2.05, 4.69) is 5.32 Å². The van der Waals surface area contributed by atoms with Gasteiger partial charge in [-0.15, -0.1) is 0 Å². The molecule has 2 aromatic heterocycles. The van der Waals surface area contributed by atoms with E-state index in [1.165, 1.54) is 14.2 Å². The van der Waals surface area contributed by atoms with E-state index in [0.29, 0.717) is 41.3 Å². The lowest BCUT2D eigenvalue weighted by molar-refractivity contribution is 0.0691. The number of hydrogen-bond acceptors (Lipinski definition) is 7. The Morgan fingerprint density at radius 1 is 0.917 bits per heavy atom. The predicted octanol–water partition coefficient (Wildman–Crippen LogP) is 4.50. The van der Waals surface area contributed by atoms with Crippen LogP contribution in [0.25, 0.3) is 11.0 Å². The van der Waals surface area contributed by atoms with Crippen molar-refractivity contribution in [1.82, 2.24) is 9.80 Å². The Morgan fingerprint density at radius 2 is 1.64 bits per heavy atom. The molecule has 0 spiro atoms. The second kappa shape index (κ2) is 11.0. The van der Waals surface area contributed by atoms with E-state index in [0.717, 1.165) is 0 Å². The van der Waals surface area contributed by atoms with Gasteiger partial charge >= 0.3 is 0 Å². The third-order valence-corrected chi connectivity index (χ3v) is 5.71. The summed E-state index contributed by atoms with van der Waals surface area (Å²) < 4.78 is 22.3. The van der Waals surface area contributed by atoms with Gasteiger partial charge in [0.05, 0.1) is 27.0 Å². The summed E-state index contributed by atoms with van der Waals surface area (Å²) in [6, 6.07) is 15.8. The van der Waals surface area contributed by atoms with Crippen molar-refractivity contribution in [3.05, 3.63) is 77.9 Å². The van der Waals surface area contributed by atoms with Gasteiger partial charge in [-0.2, -0.15) is 0 Å². The number of benzene rings is 2. The number of hydrogen-bond donors (Lipinski definition) is 1. The van der Waals surface area contributed by atoms with Crippen LogP contribution in [-0.4, -0.2) is 63.0 Å². The van der Waals surface area contributed by atoms with Crippen molar-refractivity contribution in [1.29, 1.82) is 0 Å². The van der Waals surface area contributed by atoms with E-state index in [4.69, 9.17) is 18.3 Å². The molecule has 9 nitrogen and oxygen atoms in total. The van der Waals surface area contributed by atoms with Crippen LogP contribution < -0.4 is 14.8 Å². The molecule has 4 rings (SSSR count). The standard InChI is InChI=1S/C27H29N3O6/c1-29(2)14-15-30(17-18-9-8-16-35-18)27(32)25-24(19-10-5-6-11-20(19)36-25)28-26(31)23-21(33-3)12-7-13-22(23)34-4/h5-13,16H,14-15,17H2,1-4H3,(H,28,31). The zero-order chi connectivity index (χ0) is 25.7. The summed E-state index contributed by atoms with van der Waals surface area (Å²) in [7, 11) is 6.82. The second-order valence-electron chi connectivity index (χ2n) is 8.40. The van der Waals surface area contributed by atoms with Crippen LogP contribution in [0.2, 0.25) is 0 Å². The topological polar surface area (TPSA) is 97.4 Å². The zero-order valence-corrected chi connectivity index (χ0v) is 20.7. The number of rotatable bonds is 10. The van der Waals surface area contributed by atoms with E-state index < -0.39 is 5.91 Å². The molecule has 0 saturated carbocycles. The average Bonchev–Trinajstić information content (AvgIpc) is 3.53. The number of nitrogens with zero attached hydrogens (tertiary/aromatic N) is 2. The van der Waals surface area contributed by atoms with Gasteiger partial charge in [0.25, 0.3) is 11.8 Å². The Bertz CT molecular complexity index is 1320. The minimum atomic E-state index is -0.490. The fourth-order valence-electron chi connectivity index (χ4n) is 3.88. The number of nitrogens with one attached hydrogen (secondary N) is 1. The zero-order valence-electron chi connectivity index (χ0n) is 20.7. The van der Waals surface area contributed by atoms with Crippen molar-refractivity contribution >= 4 is 28.5 Å². The largest absolute Gasteiger partial charge is 0.496 e. The molecule has 1 N–H and O–H groups in total. The lowest BCUT2D eigenvalue weighted by Gasteiger charge is -2.23. The van der Waals surface area contributed by atoms with Gasteiger partial charge in [0.15, 0.2) is 0 Å². The van der Waals surface area contributed by atoms with Gasteiger partial charge in [0, 0.05) is 18.5 Å². The summed E-state index contributed by atoms with van der Waals surface area (Å²) in [5.74, 6) is 0.504. The van der Waals surface area contributed by atoms with Gasteiger partial charge in [0.2, 0.25) is 5.76 Å². The number of carbonyl (C=O) groups is 2. The van der Waals surface area contributed by atoms with Gasteiger partial charge in [-0.1, -0.05) is 18.2 Å². The monoisotopic (exact) mass is 491 g/mol. The Balaban J connectivity index is 1.74. The molecular formula is C27H29N3O6. The number of fused-ring (bicyclic) bond motifs is 1. The molecular weight excluding hydrogens is 462 g/mol. The fourth-order valence-corrected chi connectivity index (χ4v) is 3.88. The molecule has 4 aromatic rings. The highest BCUT2D eigenvalue weighted by Crippen LogP contribution is 2.35. The average molecular weight is 492 g/mol. The molecule has 0 aliphatic heterocycles. The van der Waals surface area contributed by atoms with E-state index in [1.807, 2.05) is 37.2 Å². The van der Waals surface area contributed by atoms with E-state index in [1.54, 1.807) is 47.6 Å². The van der Waals surface area contributed by atoms with Gasteiger partial charge in [-0.3, -0.25) is 9.59 Å². The number of carbonyl (C=O) groups excluding carboxylic acids is 2. The highest BCUT2D eigenvalue weighted by molar-refractivity contribution is 6.16. The first-order chi connectivity index (χ1) is 17.4. The minimum Gasteiger partial charge on any atom is -0.496 e. The maximum absolute atomic E-state index is 13.8. The molecule has 0 aliphatic rings. The Hall–Kier alpha value is -4.24. The molecule has 0 atom stereocenters. The number of methoxy groups -OCH3 is 2. The molecule has 2 heterocycles. The van der Waals surface area contributed by atoms with Gasteiger partial charge in [0.1, 0.15) is 34.1 Å². The molecule has 0 aliphatic carbocycles. The highest BCUT2D eigenvalue weighted by atomic mass is 16.5. The maximum Gasteiger partial charge on any atom is 0.292 e. The number of amides is 2. The Labute approximate surface area is 209 Å². The first-order valence-corrected chi connectivity index (χ1v) is 11.4. The number of furan rings is 2. The lowest BCUT2D eigenvalue weighted by atomic mass is 10.1. The van der Waals surface area contributed by atoms with Crippen molar-refractivity contribution in [2.45, 2.75) is 6.54 Å². The molecule has 2 amide bonds. The quantitative estimate of drug-likeness (QED) is 0.349.